The first-order chi connectivity index (χ1) is 5.90. The van der Waals surface area contributed by atoms with Crippen LogP contribution in [0.5, 0.6) is 0 Å². The highest BCUT2D eigenvalue weighted by atomic mass is 16.4. The lowest BCUT2D eigenvalue weighted by Crippen LogP contribution is -2.04. The Morgan fingerprint density at radius 1 is 1.54 bits per heavy atom. The van der Waals surface area contributed by atoms with E-state index in [2.05, 4.69) is 13.8 Å². The predicted octanol–water partition coefficient (Wildman–Crippen LogP) is 2.84. The molecule has 13 heavy (non-hydrogen) atoms. The Morgan fingerprint density at radius 2 is 2.00 bits per heavy atom. The molecule has 2 heteroatoms. The Kier molecular flexibility index (Phi) is 2.51. The highest BCUT2D eigenvalue weighted by Crippen LogP contribution is 2.56. The normalized spacial score (nSPS) is 26.6. The van der Waals surface area contributed by atoms with Crippen molar-refractivity contribution in [3.8, 4) is 0 Å². The average molecular weight is 182 g/mol. The Labute approximate surface area is 79.6 Å². The largest absolute Gasteiger partial charge is 0.478 e. The van der Waals surface area contributed by atoms with Crippen molar-refractivity contribution in [2.24, 2.45) is 11.3 Å². The van der Waals surface area contributed by atoms with Gasteiger partial charge in [-0.15, -0.1) is 0 Å². The van der Waals surface area contributed by atoms with Gasteiger partial charge in [-0.05, 0) is 31.1 Å². The van der Waals surface area contributed by atoms with E-state index >= 15 is 0 Å². The standard InChI is InChI=1S/C11H18O2/c1-5-8(7(2)10(12)13)9-6-11(9,3)4/h9H,5-6H2,1-4H3,(H,12,13)/b8-7+. The minimum absolute atomic E-state index is 0.335. The van der Waals surface area contributed by atoms with Crippen molar-refractivity contribution in [3.63, 3.8) is 0 Å². The molecule has 0 saturated heterocycles. The van der Waals surface area contributed by atoms with Crippen molar-refractivity contribution in [2.45, 2.75) is 40.5 Å². The van der Waals surface area contributed by atoms with Gasteiger partial charge >= 0.3 is 5.97 Å². The van der Waals surface area contributed by atoms with Crippen molar-refractivity contribution in [3.05, 3.63) is 11.1 Å². The van der Waals surface area contributed by atoms with Crippen molar-refractivity contribution in [2.75, 3.05) is 0 Å². The topological polar surface area (TPSA) is 37.3 Å². The van der Waals surface area contributed by atoms with Gasteiger partial charge in [0, 0.05) is 5.57 Å². The van der Waals surface area contributed by atoms with Crippen LogP contribution in [0.1, 0.15) is 40.5 Å². The molecule has 1 unspecified atom stereocenters. The fourth-order valence-electron chi connectivity index (χ4n) is 1.97. The molecule has 1 fully saturated rings. The Balaban J connectivity index is 2.87. The van der Waals surface area contributed by atoms with Gasteiger partial charge in [-0.1, -0.05) is 26.3 Å². The monoisotopic (exact) mass is 182 g/mol. The molecule has 1 aliphatic carbocycles. The maximum absolute atomic E-state index is 10.8. The molecule has 0 spiro atoms. The van der Waals surface area contributed by atoms with Crippen molar-refractivity contribution in [1.29, 1.82) is 0 Å². The molecular formula is C11H18O2. The van der Waals surface area contributed by atoms with Gasteiger partial charge in [0.25, 0.3) is 0 Å². The van der Waals surface area contributed by atoms with E-state index in [0.717, 1.165) is 18.4 Å². The van der Waals surface area contributed by atoms with Gasteiger partial charge in [0.05, 0.1) is 0 Å². The van der Waals surface area contributed by atoms with E-state index < -0.39 is 5.97 Å². The summed E-state index contributed by atoms with van der Waals surface area (Å²) >= 11 is 0. The molecule has 0 radical (unpaired) electrons. The summed E-state index contributed by atoms with van der Waals surface area (Å²) in [7, 11) is 0. The molecule has 0 aliphatic heterocycles. The van der Waals surface area contributed by atoms with E-state index in [9.17, 15) is 4.79 Å². The predicted molar refractivity (Wildman–Crippen MR) is 52.5 cm³/mol. The van der Waals surface area contributed by atoms with Crippen LogP contribution < -0.4 is 0 Å². The van der Waals surface area contributed by atoms with E-state index in [1.807, 2.05) is 6.92 Å². The van der Waals surface area contributed by atoms with Gasteiger partial charge < -0.3 is 5.11 Å². The summed E-state index contributed by atoms with van der Waals surface area (Å²) < 4.78 is 0. The molecule has 1 N–H and O–H groups in total. The summed E-state index contributed by atoms with van der Waals surface area (Å²) in [5.41, 5.74) is 2.03. The van der Waals surface area contributed by atoms with Crippen molar-refractivity contribution < 1.29 is 9.90 Å². The number of carboxylic acids is 1. The lowest BCUT2D eigenvalue weighted by atomic mass is 9.97. The minimum atomic E-state index is -0.764. The number of carbonyl (C=O) groups is 1. The average Bonchev–Trinajstić information content (AvgIpc) is 2.61. The fourth-order valence-corrected chi connectivity index (χ4v) is 1.97. The van der Waals surface area contributed by atoms with Gasteiger partial charge in [-0.3, -0.25) is 0 Å². The van der Waals surface area contributed by atoms with Crippen molar-refractivity contribution >= 4 is 5.97 Å². The van der Waals surface area contributed by atoms with Crippen LogP contribution in [0.15, 0.2) is 11.1 Å². The Hall–Kier alpha value is -0.790. The van der Waals surface area contributed by atoms with Crippen LogP contribution in [0.3, 0.4) is 0 Å². The second-order valence-electron chi connectivity index (χ2n) is 4.55. The molecule has 0 aromatic carbocycles. The van der Waals surface area contributed by atoms with Crippen LogP contribution in [-0.4, -0.2) is 11.1 Å². The van der Waals surface area contributed by atoms with Crippen LogP contribution in [-0.2, 0) is 4.79 Å². The SMILES string of the molecule is CC/C(=C(/C)C(=O)O)C1CC1(C)C. The van der Waals surface area contributed by atoms with Gasteiger partial charge in [0.2, 0.25) is 0 Å². The molecule has 2 nitrogen and oxygen atoms in total. The van der Waals surface area contributed by atoms with E-state index in [0.29, 0.717) is 16.9 Å². The highest BCUT2D eigenvalue weighted by Gasteiger charge is 2.47. The quantitative estimate of drug-likeness (QED) is 0.681. The maximum atomic E-state index is 10.8. The van der Waals surface area contributed by atoms with Crippen LogP contribution >= 0.6 is 0 Å². The lowest BCUT2D eigenvalue weighted by Gasteiger charge is -2.09. The zero-order chi connectivity index (χ0) is 10.2. The molecule has 1 atom stereocenters. The zero-order valence-corrected chi connectivity index (χ0v) is 8.85. The molecule has 0 heterocycles. The first kappa shape index (κ1) is 10.3. The molecule has 0 aromatic rings. The first-order valence-electron chi connectivity index (χ1n) is 4.83. The van der Waals surface area contributed by atoms with Gasteiger partial charge in [-0.25, -0.2) is 4.79 Å². The second-order valence-corrected chi connectivity index (χ2v) is 4.55. The summed E-state index contributed by atoms with van der Waals surface area (Å²) in [5, 5.41) is 8.87. The second kappa shape index (κ2) is 3.17. The van der Waals surface area contributed by atoms with Gasteiger partial charge in [-0.2, -0.15) is 0 Å². The number of hydrogen-bond donors (Lipinski definition) is 1. The molecule has 0 bridgehead atoms. The molecular weight excluding hydrogens is 164 g/mol. The van der Waals surface area contributed by atoms with Gasteiger partial charge in [0.15, 0.2) is 0 Å². The van der Waals surface area contributed by atoms with Crippen molar-refractivity contribution in [1.82, 2.24) is 0 Å². The Bertz CT molecular complexity index is 261. The van der Waals surface area contributed by atoms with Crippen LogP contribution in [0.25, 0.3) is 0 Å². The lowest BCUT2D eigenvalue weighted by molar-refractivity contribution is -0.132. The van der Waals surface area contributed by atoms with E-state index in [1.54, 1.807) is 6.92 Å². The van der Waals surface area contributed by atoms with Crippen LogP contribution in [0, 0.1) is 11.3 Å². The highest BCUT2D eigenvalue weighted by molar-refractivity contribution is 5.87. The zero-order valence-electron chi connectivity index (χ0n) is 8.85. The van der Waals surface area contributed by atoms with Crippen LogP contribution in [0.2, 0.25) is 0 Å². The smallest absolute Gasteiger partial charge is 0.331 e. The number of aliphatic carboxylic acids is 1. The maximum Gasteiger partial charge on any atom is 0.331 e. The summed E-state index contributed by atoms with van der Waals surface area (Å²) in [6, 6.07) is 0. The molecule has 0 aromatic heterocycles. The van der Waals surface area contributed by atoms with E-state index in [-0.39, 0.29) is 0 Å². The molecule has 1 rings (SSSR count). The molecule has 74 valence electrons. The molecule has 1 aliphatic rings. The fraction of sp³-hybridized carbons (Fsp3) is 0.727. The summed E-state index contributed by atoms with van der Waals surface area (Å²) in [5.74, 6) is -0.256. The first-order valence-corrected chi connectivity index (χ1v) is 4.83. The summed E-state index contributed by atoms with van der Waals surface area (Å²) in [4.78, 5) is 10.8. The Morgan fingerprint density at radius 3 is 2.23 bits per heavy atom. The number of hydrogen-bond acceptors (Lipinski definition) is 1. The minimum Gasteiger partial charge on any atom is -0.478 e. The van der Waals surface area contributed by atoms with Gasteiger partial charge in [0.1, 0.15) is 0 Å². The van der Waals surface area contributed by atoms with Crippen LogP contribution in [0.4, 0.5) is 0 Å². The third-order valence-corrected chi connectivity index (χ3v) is 3.12. The number of carboxylic acid groups (broad SMARTS) is 1. The summed E-state index contributed by atoms with van der Waals surface area (Å²) in [6.07, 6.45) is 2.01. The molecule has 1 saturated carbocycles. The number of allylic oxidation sites excluding steroid dienone is 1. The summed E-state index contributed by atoms with van der Waals surface area (Å²) in [6.45, 7) is 8.15. The van der Waals surface area contributed by atoms with E-state index in [4.69, 9.17) is 5.11 Å². The number of rotatable bonds is 3. The third kappa shape index (κ3) is 1.93. The van der Waals surface area contributed by atoms with E-state index in [1.165, 1.54) is 0 Å². The third-order valence-electron chi connectivity index (χ3n) is 3.12. The molecule has 0 amide bonds.